The third-order valence-corrected chi connectivity index (χ3v) is 2.97. The highest BCUT2D eigenvalue weighted by Crippen LogP contribution is 2.21. The van der Waals surface area contributed by atoms with E-state index >= 15 is 0 Å². The van der Waals surface area contributed by atoms with Crippen molar-refractivity contribution in [1.29, 1.82) is 0 Å². The molecule has 0 fully saturated rings. The van der Waals surface area contributed by atoms with E-state index in [0.29, 0.717) is 6.61 Å². The van der Waals surface area contributed by atoms with E-state index in [-0.39, 0.29) is 0 Å². The maximum Gasteiger partial charge on any atom is 0.168 e. The van der Waals surface area contributed by atoms with Crippen molar-refractivity contribution in [1.82, 2.24) is 10.3 Å². The molecule has 2 rings (SSSR count). The maximum atomic E-state index is 5.53. The summed E-state index contributed by atoms with van der Waals surface area (Å²) < 4.78 is 5.53. The van der Waals surface area contributed by atoms with E-state index < -0.39 is 0 Å². The first-order chi connectivity index (χ1) is 8.90. The van der Waals surface area contributed by atoms with Gasteiger partial charge in [0.05, 0.1) is 6.61 Å². The molecule has 0 radical (unpaired) electrons. The van der Waals surface area contributed by atoms with E-state index in [1.807, 2.05) is 19.1 Å². The fourth-order valence-electron chi connectivity index (χ4n) is 2.03. The van der Waals surface area contributed by atoms with E-state index in [1.165, 1.54) is 5.57 Å². The minimum absolute atomic E-state index is 0.664. The fourth-order valence-corrected chi connectivity index (χ4v) is 2.03. The van der Waals surface area contributed by atoms with Crippen LogP contribution in [0.5, 0.6) is 5.75 Å². The molecule has 1 aliphatic heterocycles. The molecule has 1 aliphatic rings. The Morgan fingerprint density at radius 1 is 1.50 bits per heavy atom. The standard InChI is InChI=1S/C14H21N3O/c1-2-18-13-4-3-8-16-14(13)17-11-7-12-5-9-15-10-6-12/h3-5,8,15H,2,6-7,9-11H2,1H3,(H,16,17). The molecule has 0 bridgehead atoms. The van der Waals surface area contributed by atoms with Crippen molar-refractivity contribution in [3.05, 3.63) is 30.0 Å². The Morgan fingerprint density at radius 2 is 2.44 bits per heavy atom. The number of ether oxygens (including phenoxy) is 1. The highest BCUT2D eigenvalue weighted by molar-refractivity contribution is 5.49. The lowest BCUT2D eigenvalue weighted by molar-refractivity contribution is 0.340. The zero-order valence-corrected chi connectivity index (χ0v) is 10.9. The van der Waals surface area contributed by atoms with Gasteiger partial charge in [0, 0.05) is 19.3 Å². The van der Waals surface area contributed by atoms with Gasteiger partial charge in [0.2, 0.25) is 0 Å². The normalized spacial score (nSPS) is 15.1. The second kappa shape index (κ2) is 7.01. The number of hydrogen-bond donors (Lipinski definition) is 2. The van der Waals surface area contributed by atoms with Crippen LogP contribution in [-0.2, 0) is 0 Å². The van der Waals surface area contributed by atoms with E-state index in [2.05, 4.69) is 21.7 Å². The Kier molecular flexibility index (Phi) is 5.02. The smallest absolute Gasteiger partial charge is 0.168 e. The molecule has 18 heavy (non-hydrogen) atoms. The molecule has 0 spiro atoms. The fraction of sp³-hybridized carbons (Fsp3) is 0.500. The van der Waals surface area contributed by atoms with Crippen molar-refractivity contribution in [2.45, 2.75) is 19.8 Å². The van der Waals surface area contributed by atoms with E-state index in [0.717, 1.165) is 44.0 Å². The molecule has 1 aromatic heterocycles. The molecule has 4 heteroatoms. The van der Waals surface area contributed by atoms with Crippen LogP contribution in [0.4, 0.5) is 5.82 Å². The topological polar surface area (TPSA) is 46.2 Å². The lowest BCUT2D eigenvalue weighted by Gasteiger charge is -2.15. The van der Waals surface area contributed by atoms with Crippen LogP contribution < -0.4 is 15.4 Å². The maximum absolute atomic E-state index is 5.53. The van der Waals surface area contributed by atoms with Crippen molar-refractivity contribution >= 4 is 5.82 Å². The second-order valence-corrected chi connectivity index (χ2v) is 4.28. The summed E-state index contributed by atoms with van der Waals surface area (Å²) in [5.41, 5.74) is 1.52. The number of nitrogens with one attached hydrogen (secondary N) is 2. The van der Waals surface area contributed by atoms with Crippen molar-refractivity contribution in [3.63, 3.8) is 0 Å². The Morgan fingerprint density at radius 3 is 3.22 bits per heavy atom. The molecule has 0 saturated heterocycles. The number of aromatic nitrogens is 1. The molecule has 98 valence electrons. The highest BCUT2D eigenvalue weighted by Gasteiger charge is 2.05. The van der Waals surface area contributed by atoms with E-state index in [4.69, 9.17) is 4.74 Å². The largest absolute Gasteiger partial charge is 0.490 e. The van der Waals surface area contributed by atoms with Crippen LogP contribution in [0.15, 0.2) is 30.0 Å². The van der Waals surface area contributed by atoms with Gasteiger partial charge in [-0.25, -0.2) is 4.98 Å². The predicted octanol–water partition coefficient (Wildman–Crippen LogP) is 2.20. The Labute approximate surface area is 108 Å². The number of nitrogens with zero attached hydrogens (tertiary/aromatic N) is 1. The van der Waals surface area contributed by atoms with Gasteiger partial charge in [-0.05, 0) is 38.4 Å². The van der Waals surface area contributed by atoms with E-state index in [9.17, 15) is 0 Å². The van der Waals surface area contributed by atoms with Gasteiger partial charge >= 0.3 is 0 Å². The second-order valence-electron chi connectivity index (χ2n) is 4.28. The van der Waals surface area contributed by atoms with Crippen molar-refractivity contribution in [2.24, 2.45) is 0 Å². The average molecular weight is 247 g/mol. The van der Waals surface area contributed by atoms with Gasteiger partial charge < -0.3 is 15.4 Å². The Balaban J connectivity index is 1.84. The number of anilines is 1. The number of rotatable bonds is 6. The molecule has 1 aromatic rings. The molecule has 2 heterocycles. The molecule has 0 saturated carbocycles. The van der Waals surface area contributed by atoms with Gasteiger partial charge in [0.15, 0.2) is 11.6 Å². The first-order valence-electron chi connectivity index (χ1n) is 6.60. The number of hydrogen-bond acceptors (Lipinski definition) is 4. The van der Waals surface area contributed by atoms with Gasteiger partial charge in [0.1, 0.15) is 0 Å². The Bertz CT molecular complexity index is 404. The highest BCUT2D eigenvalue weighted by atomic mass is 16.5. The van der Waals surface area contributed by atoms with Gasteiger partial charge in [-0.1, -0.05) is 11.6 Å². The van der Waals surface area contributed by atoms with Crippen LogP contribution in [-0.4, -0.2) is 31.2 Å². The van der Waals surface area contributed by atoms with Crippen molar-refractivity contribution in [3.8, 4) is 5.75 Å². The molecular formula is C14H21N3O. The van der Waals surface area contributed by atoms with Gasteiger partial charge in [-0.2, -0.15) is 0 Å². The lowest BCUT2D eigenvalue weighted by Crippen LogP contribution is -2.21. The summed E-state index contributed by atoms with van der Waals surface area (Å²) in [7, 11) is 0. The first-order valence-corrected chi connectivity index (χ1v) is 6.60. The summed E-state index contributed by atoms with van der Waals surface area (Å²) >= 11 is 0. The van der Waals surface area contributed by atoms with Crippen molar-refractivity contribution in [2.75, 3.05) is 31.6 Å². The van der Waals surface area contributed by atoms with E-state index in [1.54, 1.807) is 6.20 Å². The zero-order valence-electron chi connectivity index (χ0n) is 10.9. The van der Waals surface area contributed by atoms with Gasteiger partial charge in [-0.15, -0.1) is 0 Å². The Hall–Kier alpha value is -1.55. The van der Waals surface area contributed by atoms with Crippen LogP contribution in [0.1, 0.15) is 19.8 Å². The summed E-state index contributed by atoms with van der Waals surface area (Å²) in [6.07, 6.45) is 6.30. The first kappa shape index (κ1) is 12.9. The minimum Gasteiger partial charge on any atom is -0.490 e. The molecule has 0 atom stereocenters. The molecule has 0 unspecified atom stereocenters. The van der Waals surface area contributed by atoms with Crippen LogP contribution in [0, 0.1) is 0 Å². The van der Waals surface area contributed by atoms with Crippen LogP contribution >= 0.6 is 0 Å². The van der Waals surface area contributed by atoms with Crippen molar-refractivity contribution < 1.29 is 4.74 Å². The van der Waals surface area contributed by atoms with Crippen LogP contribution in [0.3, 0.4) is 0 Å². The monoisotopic (exact) mass is 247 g/mol. The predicted molar refractivity (Wildman–Crippen MR) is 74.1 cm³/mol. The minimum atomic E-state index is 0.664. The lowest BCUT2D eigenvalue weighted by atomic mass is 10.1. The summed E-state index contributed by atoms with van der Waals surface area (Å²) in [6.45, 7) is 5.65. The third kappa shape index (κ3) is 3.74. The summed E-state index contributed by atoms with van der Waals surface area (Å²) in [5.74, 6) is 1.67. The summed E-state index contributed by atoms with van der Waals surface area (Å²) in [6, 6.07) is 3.84. The average Bonchev–Trinajstić information content (AvgIpc) is 2.42. The summed E-state index contributed by atoms with van der Waals surface area (Å²) in [4.78, 5) is 4.31. The van der Waals surface area contributed by atoms with Gasteiger partial charge in [-0.3, -0.25) is 0 Å². The SMILES string of the molecule is CCOc1cccnc1NCCC1=CCNCC1. The summed E-state index contributed by atoms with van der Waals surface area (Å²) in [5, 5.41) is 6.67. The zero-order chi connectivity index (χ0) is 12.6. The molecule has 0 aromatic carbocycles. The third-order valence-electron chi connectivity index (χ3n) is 2.97. The quantitative estimate of drug-likeness (QED) is 0.757. The van der Waals surface area contributed by atoms with Crippen LogP contribution in [0.25, 0.3) is 0 Å². The van der Waals surface area contributed by atoms with Crippen LogP contribution in [0.2, 0.25) is 0 Å². The molecule has 2 N–H and O–H groups in total. The molecule has 4 nitrogen and oxygen atoms in total. The molecular weight excluding hydrogens is 226 g/mol. The number of pyridine rings is 1. The van der Waals surface area contributed by atoms with Gasteiger partial charge in [0.25, 0.3) is 0 Å². The molecule has 0 aliphatic carbocycles. The molecule has 0 amide bonds.